The number of para-hydroxylation sites is 1. The van der Waals surface area contributed by atoms with Crippen LogP contribution in [0.3, 0.4) is 0 Å². The van der Waals surface area contributed by atoms with Gasteiger partial charge in [-0.25, -0.2) is 0 Å². The highest BCUT2D eigenvalue weighted by Crippen LogP contribution is 2.35. The number of imide groups is 1. The largest absolute Gasteiger partial charge is 0.496 e. The van der Waals surface area contributed by atoms with E-state index in [1.165, 1.54) is 4.90 Å². The van der Waals surface area contributed by atoms with E-state index in [0.717, 1.165) is 16.7 Å². The van der Waals surface area contributed by atoms with E-state index in [1.807, 2.05) is 80.6 Å². The summed E-state index contributed by atoms with van der Waals surface area (Å²) in [5.41, 5.74) is 4.67. The van der Waals surface area contributed by atoms with Crippen molar-refractivity contribution in [1.29, 1.82) is 0 Å². The Morgan fingerprint density at radius 2 is 1.45 bits per heavy atom. The first-order valence-corrected chi connectivity index (χ1v) is 10.6. The summed E-state index contributed by atoms with van der Waals surface area (Å²) in [6.45, 7) is 4.03. The molecule has 1 aliphatic heterocycles. The zero-order chi connectivity index (χ0) is 23.5. The normalized spacial score (nSPS) is 13.5. The highest BCUT2D eigenvalue weighted by molar-refractivity contribution is 6.36. The fourth-order valence-corrected chi connectivity index (χ4v) is 3.88. The molecular weight excluding hydrogens is 416 g/mol. The molecule has 0 saturated carbocycles. The molecule has 0 aromatic heterocycles. The SMILES string of the molecule is COc1ccccc1CN1C(=O)C(Nc2cc(C)ccc2OC)=C(c2ccc(C)cc2)C1=O. The zero-order valence-corrected chi connectivity index (χ0v) is 19.1. The lowest BCUT2D eigenvalue weighted by Crippen LogP contribution is -2.32. The number of benzene rings is 3. The van der Waals surface area contributed by atoms with Crippen LogP contribution in [0.4, 0.5) is 5.69 Å². The molecule has 1 aliphatic rings. The maximum Gasteiger partial charge on any atom is 0.278 e. The smallest absolute Gasteiger partial charge is 0.278 e. The summed E-state index contributed by atoms with van der Waals surface area (Å²) < 4.78 is 10.9. The lowest BCUT2D eigenvalue weighted by Gasteiger charge is -2.17. The summed E-state index contributed by atoms with van der Waals surface area (Å²) >= 11 is 0. The number of hydrogen-bond acceptors (Lipinski definition) is 5. The molecule has 168 valence electrons. The third kappa shape index (κ3) is 4.32. The third-order valence-corrected chi connectivity index (χ3v) is 5.64. The van der Waals surface area contributed by atoms with E-state index in [9.17, 15) is 9.59 Å². The molecule has 3 aromatic rings. The highest BCUT2D eigenvalue weighted by Gasteiger charge is 2.39. The van der Waals surface area contributed by atoms with Gasteiger partial charge in [0.25, 0.3) is 11.8 Å². The van der Waals surface area contributed by atoms with Gasteiger partial charge in [0, 0.05) is 5.56 Å². The molecule has 6 heteroatoms. The van der Waals surface area contributed by atoms with Gasteiger partial charge in [-0.2, -0.15) is 0 Å². The standard InChI is InChI=1S/C27H26N2O4/c1-17-9-12-19(13-10-17)24-25(28-21-15-18(2)11-14-23(21)33-4)27(31)29(26(24)30)16-20-7-5-6-8-22(20)32-3/h5-15,28H,16H2,1-4H3. The van der Waals surface area contributed by atoms with Crippen molar-refractivity contribution in [3.63, 3.8) is 0 Å². The van der Waals surface area contributed by atoms with Crippen molar-refractivity contribution in [1.82, 2.24) is 4.90 Å². The fourth-order valence-electron chi connectivity index (χ4n) is 3.88. The molecule has 0 saturated heterocycles. The first-order chi connectivity index (χ1) is 15.9. The average Bonchev–Trinajstić information content (AvgIpc) is 3.04. The van der Waals surface area contributed by atoms with Crippen LogP contribution in [-0.4, -0.2) is 30.9 Å². The minimum atomic E-state index is -0.398. The molecule has 0 unspecified atom stereocenters. The first kappa shape index (κ1) is 22.1. The number of ether oxygens (including phenoxy) is 2. The van der Waals surface area contributed by atoms with Crippen LogP contribution in [0.1, 0.15) is 22.3 Å². The van der Waals surface area contributed by atoms with E-state index >= 15 is 0 Å². The van der Waals surface area contributed by atoms with E-state index in [0.29, 0.717) is 28.3 Å². The van der Waals surface area contributed by atoms with E-state index in [2.05, 4.69) is 5.32 Å². The van der Waals surface area contributed by atoms with Gasteiger partial charge >= 0.3 is 0 Å². The molecule has 1 N–H and O–H groups in total. The maximum atomic E-state index is 13.6. The van der Waals surface area contributed by atoms with E-state index in [4.69, 9.17) is 9.47 Å². The van der Waals surface area contributed by atoms with Crippen LogP contribution < -0.4 is 14.8 Å². The molecule has 0 bridgehead atoms. The Morgan fingerprint density at radius 3 is 2.15 bits per heavy atom. The number of rotatable bonds is 7. The van der Waals surface area contributed by atoms with E-state index < -0.39 is 5.91 Å². The van der Waals surface area contributed by atoms with Crippen LogP contribution in [0.2, 0.25) is 0 Å². The summed E-state index contributed by atoms with van der Waals surface area (Å²) in [5, 5.41) is 3.20. The van der Waals surface area contributed by atoms with Crippen LogP contribution in [0.15, 0.2) is 72.4 Å². The van der Waals surface area contributed by atoms with Gasteiger partial charge in [0.05, 0.1) is 32.0 Å². The van der Waals surface area contributed by atoms with Crippen molar-refractivity contribution in [3.05, 3.63) is 94.7 Å². The van der Waals surface area contributed by atoms with Gasteiger partial charge in [-0.3, -0.25) is 14.5 Å². The lowest BCUT2D eigenvalue weighted by atomic mass is 10.0. The number of amides is 2. The number of carbonyl (C=O) groups excluding carboxylic acids is 2. The first-order valence-electron chi connectivity index (χ1n) is 10.6. The molecule has 0 radical (unpaired) electrons. The minimum absolute atomic E-state index is 0.104. The molecule has 3 aromatic carbocycles. The van der Waals surface area contributed by atoms with E-state index in [-0.39, 0.29) is 18.1 Å². The van der Waals surface area contributed by atoms with Gasteiger partial charge in [-0.1, -0.05) is 54.1 Å². The molecule has 2 amide bonds. The highest BCUT2D eigenvalue weighted by atomic mass is 16.5. The Bertz CT molecular complexity index is 1250. The van der Waals surface area contributed by atoms with Gasteiger partial charge in [0.2, 0.25) is 0 Å². The van der Waals surface area contributed by atoms with Gasteiger partial charge in [-0.05, 0) is 43.2 Å². The van der Waals surface area contributed by atoms with Crippen LogP contribution in [0.25, 0.3) is 5.57 Å². The van der Waals surface area contributed by atoms with Gasteiger partial charge in [-0.15, -0.1) is 0 Å². The van der Waals surface area contributed by atoms with Crippen molar-refractivity contribution < 1.29 is 19.1 Å². The average molecular weight is 443 g/mol. The Morgan fingerprint density at radius 1 is 0.788 bits per heavy atom. The van der Waals surface area contributed by atoms with Gasteiger partial charge in [0.15, 0.2) is 0 Å². The molecular formula is C27H26N2O4. The summed E-state index contributed by atoms with van der Waals surface area (Å²) in [4.78, 5) is 28.4. The lowest BCUT2D eigenvalue weighted by molar-refractivity contribution is -0.137. The summed E-state index contributed by atoms with van der Waals surface area (Å²) in [6.07, 6.45) is 0. The van der Waals surface area contributed by atoms with E-state index in [1.54, 1.807) is 14.2 Å². The van der Waals surface area contributed by atoms with Crippen molar-refractivity contribution >= 4 is 23.1 Å². The number of nitrogens with one attached hydrogen (secondary N) is 1. The summed E-state index contributed by atoms with van der Waals surface area (Å²) in [5.74, 6) is 0.449. The Hall–Kier alpha value is -4.06. The van der Waals surface area contributed by atoms with Gasteiger partial charge in [0.1, 0.15) is 17.2 Å². The molecule has 0 aliphatic carbocycles. The number of methoxy groups -OCH3 is 2. The molecule has 0 fully saturated rings. The number of hydrogen-bond donors (Lipinski definition) is 1. The van der Waals surface area contributed by atoms with Gasteiger partial charge < -0.3 is 14.8 Å². The second-order valence-corrected chi connectivity index (χ2v) is 7.95. The Balaban J connectivity index is 1.78. The second-order valence-electron chi connectivity index (χ2n) is 7.95. The number of nitrogens with zero attached hydrogens (tertiary/aromatic N) is 1. The predicted molar refractivity (Wildman–Crippen MR) is 128 cm³/mol. The topological polar surface area (TPSA) is 67.9 Å². The molecule has 1 heterocycles. The quantitative estimate of drug-likeness (QED) is 0.537. The van der Waals surface area contributed by atoms with Crippen molar-refractivity contribution in [2.24, 2.45) is 0 Å². The van der Waals surface area contributed by atoms with Crippen LogP contribution >= 0.6 is 0 Å². The Labute approximate surface area is 193 Å². The zero-order valence-electron chi connectivity index (χ0n) is 19.1. The van der Waals surface area contributed by atoms with Crippen LogP contribution in [-0.2, 0) is 16.1 Å². The fraction of sp³-hybridized carbons (Fsp3) is 0.185. The van der Waals surface area contributed by atoms with Crippen LogP contribution in [0, 0.1) is 13.8 Å². The number of aryl methyl sites for hydroxylation is 2. The Kier molecular flexibility index (Phi) is 6.18. The molecule has 4 rings (SSSR count). The molecule has 0 atom stereocenters. The number of carbonyl (C=O) groups is 2. The van der Waals surface area contributed by atoms with Crippen molar-refractivity contribution in [2.45, 2.75) is 20.4 Å². The number of anilines is 1. The molecule has 33 heavy (non-hydrogen) atoms. The monoisotopic (exact) mass is 442 g/mol. The summed E-state index contributed by atoms with van der Waals surface area (Å²) in [6, 6.07) is 20.6. The third-order valence-electron chi connectivity index (χ3n) is 5.64. The van der Waals surface area contributed by atoms with Crippen molar-refractivity contribution in [3.8, 4) is 11.5 Å². The molecule has 6 nitrogen and oxygen atoms in total. The maximum absolute atomic E-state index is 13.6. The van der Waals surface area contributed by atoms with Crippen LogP contribution in [0.5, 0.6) is 11.5 Å². The minimum Gasteiger partial charge on any atom is -0.496 e. The summed E-state index contributed by atoms with van der Waals surface area (Å²) in [7, 11) is 3.14. The second kappa shape index (κ2) is 9.20. The molecule has 0 spiro atoms. The predicted octanol–water partition coefficient (Wildman–Crippen LogP) is 4.71. The van der Waals surface area contributed by atoms with Crippen molar-refractivity contribution in [2.75, 3.05) is 19.5 Å².